The minimum atomic E-state index is -0.305. The predicted octanol–water partition coefficient (Wildman–Crippen LogP) is 3.02. The highest BCUT2D eigenvalue weighted by Gasteiger charge is 2.69. The number of hydrogen-bond donors (Lipinski definition) is 3. The lowest BCUT2D eigenvalue weighted by Crippen LogP contribution is -2.59. The molecule has 0 unspecified atom stereocenters. The fourth-order valence-corrected chi connectivity index (χ4v) is 6.00. The monoisotopic (exact) mass is 383 g/mol. The Bertz CT molecular complexity index is 479. The number of ether oxygens (including phenoxy) is 2. The SMILES string of the molecule is CC(C)(C)O[C@@H]1[C@@H](OC(C)(C)C)[C@@]2(CCC[C@H]2CO)N[C@]12CCC[C@H]2CO. The van der Waals surface area contributed by atoms with Gasteiger partial charge in [0.1, 0.15) is 12.2 Å². The van der Waals surface area contributed by atoms with Crippen LogP contribution in [0.25, 0.3) is 0 Å². The first kappa shape index (κ1) is 21.5. The van der Waals surface area contributed by atoms with E-state index in [2.05, 4.69) is 46.9 Å². The number of aliphatic hydroxyl groups is 2. The van der Waals surface area contributed by atoms with E-state index in [1.807, 2.05) is 0 Å². The number of nitrogens with one attached hydrogen (secondary N) is 1. The van der Waals surface area contributed by atoms with E-state index in [4.69, 9.17) is 9.47 Å². The van der Waals surface area contributed by atoms with Crippen LogP contribution in [0.4, 0.5) is 0 Å². The summed E-state index contributed by atoms with van der Waals surface area (Å²) in [5, 5.41) is 24.4. The average molecular weight is 384 g/mol. The summed E-state index contributed by atoms with van der Waals surface area (Å²) in [6, 6.07) is 0. The molecule has 5 heteroatoms. The lowest BCUT2D eigenvalue weighted by Gasteiger charge is -2.42. The van der Waals surface area contributed by atoms with E-state index in [0.717, 1.165) is 38.5 Å². The third kappa shape index (κ3) is 3.83. The lowest BCUT2D eigenvalue weighted by molar-refractivity contribution is -0.183. The van der Waals surface area contributed by atoms with Gasteiger partial charge in [-0.1, -0.05) is 12.8 Å². The van der Waals surface area contributed by atoms with Crippen LogP contribution >= 0.6 is 0 Å². The zero-order valence-electron chi connectivity index (χ0n) is 18.2. The molecule has 158 valence electrons. The molecule has 3 aliphatic rings. The van der Waals surface area contributed by atoms with Gasteiger partial charge in [-0.3, -0.25) is 0 Å². The second kappa shape index (κ2) is 7.24. The van der Waals surface area contributed by atoms with Gasteiger partial charge in [0, 0.05) is 25.0 Å². The Morgan fingerprint density at radius 3 is 1.44 bits per heavy atom. The normalized spacial score (nSPS) is 42.7. The zero-order chi connectivity index (χ0) is 20.1. The summed E-state index contributed by atoms with van der Waals surface area (Å²) in [7, 11) is 0. The van der Waals surface area contributed by atoms with E-state index >= 15 is 0 Å². The molecule has 3 rings (SSSR count). The van der Waals surface area contributed by atoms with Gasteiger partial charge < -0.3 is 25.0 Å². The smallest absolute Gasteiger partial charge is 0.105 e. The molecule has 1 saturated heterocycles. The highest BCUT2D eigenvalue weighted by atomic mass is 16.6. The van der Waals surface area contributed by atoms with Crippen LogP contribution in [-0.2, 0) is 9.47 Å². The third-order valence-electron chi connectivity index (χ3n) is 6.90. The Morgan fingerprint density at radius 2 is 1.15 bits per heavy atom. The van der Waals surface area contributed by atoms with Crippen molar-refractivity contribution in [2.24, 2.45) is 11.8 Å². The number of rotatable bonds is 4. The predicted molar refractivity (Wildman–Crippen MR) is 107 cm³/mol. The number of aliphatic hydroxyl groups excluding tert-OH is 2. The molecular formula is C22H41NO4. The second-order valence-corrected chi connectivity index (χ2v) is 11.1. The molecule has 0 aromatic rings. The van der Waals surface area contributed by atoms with E-state index in [9.17, 15) is 10.2 Å². The van der Waals surface area contributed by atoms with Crippen LogP contribution in [0.5, 0.6) is 0 Å². The molecule has 1 heterocycles. The van der Waals surface area contributed by atoms with Gasteiger partial charge in [-0.2, -0.15) is 0 Å². The molecule has 5 nitrogen and oxygen atoms in total. The molecule has 0 radical (unpaired) electrons. The Kier molecular flexibility index (Phi) is 5.77. The summed E-state index contributed by atoms with van der Waals surface area (Å²) in [5.74, 6) is 0.325. The molecule has 3 fully saturated rings. The van der Waals surface area contributed by atoms with Gasteiger partial charge in [0.15, 0.2) is 0 Å². The summed E-state index contributed by atoms with van der Waals surface area (Å²) >= 11 is 0. The van der Waals surface area contributed by atoms with Crippen molar-refractivity contribution in [3.05, 3.63) is 0 Å². The van der Waals surface area contributed by atoms with Gasteiger partial charge in [0.2, 0.25) is 0 Å². The molecule has 6 atom stereocenters. The minimum absolute atomic E-state index is 0.136. The van der Waals surface area contributed by atoms with E-state index < -0.39 is 0 Å². The Labute approximate surface area is 165 Å². The summed E-state index contributed by atoms with van der Waals surface area (Å²) in [6.07, 6.45) is 5.90. The van der Waals surface area contributed by atoms with Gasteiger partial charge in [-0.25, -0.2) is 0 Å². The van der Waals surface area contributed by atoms with Gasteiger partial charge in [0.25, 0.3) is 0 Å². The fourth-order valence-electron chi connectivity index (χ4n) is 6.00. The van der Waals surface area contributed by atoms with E-state index in [-0.39, 0.29) is 59.5 Å². The van der Waals surface area contributed by atoms with Crippen LogP contribution in [0.2, 0.25) is 0 Å². The first-order valence-corrected chi connectivity index (χ1v) is 10.8. The van der Waals surface area contributed by atoms with Crippen LogP contribution in [0, 0.1) is 11.8 Å². The number of hydrogen-bond acceptors (Lipinski definition) is 5. The first-order chi connectivity index (χ1) is 12.5. The van der Waals surface area contributed by atoms with E-state index in [1.165, 1.54) is 0 Å². The quantitative estimate of drug-likeness (QED) is 0.696. The Hall–Kier alpha value is -0.200. The van der Waals surface area contributed by atoms with Crippen molar-refractivity contribution in [2.75, 3.05) is 13.2 Å². The van der Waals surface area contributed by atoms with E-state index in [1.54, 1.807) is 0 Å². The molecule has 0 aromatic carbocycles. The summed E-state index contributed by atoms with van der Waals surface area (Å²) < 4.78 is 13.5. The molecule has 2 spiro atoms. The van der Waals surface area contributed by atoms with E-state index in [0.29, 0.717) is 0 Å². The minimum Gasteiger partial charge on any atom is -0.396 e. The van der Waals surface area contributed by atoms with Crippen LogP contribution < -0.4 is 5.32 Å². The zero-order valence-corrected chi connectivity index (χ0v) is 18.2. The van der Waals surface area contributed by atoms with Crippen molar-refractivity contribution < 1.29 is 19.7 Å². The van der Waals surface area contributed by atoms with Crippen molar-refractivity contribution in [3.63, 3.8) is 0 Å². The highest BCUT2D eigenvalue weighted by molar-refractivity contribution is 5.25. The molecule has 2 aliphatic carbocycles. The Morgan fingerprint density at radius 1 is 0.778 bits per heavy atom. The molecular weight excluding hydrogens is 342 g/mol. The molecule has 0 bridgehead atoms. The van der Waals surface area contributed by atoms with Crippen molar-refractivity contribution >= 4 is 0 Å². The van der Waals surface area contributed by atoms with Gasteiger partial charge in [0.05, 0.1) is 22.3 Å². The molecule has 27 heavy (non-hydrogen) atoms. The molecule has 0 amide bonds. The standard InChI is InChI=1S/C22H41NO4/c1-19(2,3)26-17-18(27-20(4,5)6)22(12-8-10-16(22)14-25)23-21(17)11-7-9-15(21)13-24/h15-18,23-25H,7-14H2,1-6H3/t15-,16-,17+,18+,21-,22-/m0/s1. The topological polar surface area (TPSA) is 71.0 Å². The molecule has 0 aromatic heterocycles. The van der Waals surface area contributed by atoms with Gasteiger partial charge in [-0.05, 0) is 67.2 Å². The summed E-state index contributed by atoms with van der Waals surface area (Å²) in [4.78, 5) is 0. The van der Waals surface area contributed by atoms with Crippen molar-refractivity contribution in [3.8, 4) is 0 Å². The maximum atomic E-state index is 10.2. The maximum absolute atomic E-state index is 10.2. The maximum Gasteiger partial charge on any atom is 0.105 e. The van der Waals surface area contributed by atoms with Gasteiger partial charge in [-0.15, -0.1) is 0 Å². The highest BCUT2D eigenvalue weighted by Crippen LogP contribution is 2.55. The van der Waals surface area contributed by atoms with Crippen LogP contribution in [-0.4, -0.2) is 57.9 Å². The third-order valence-corrected chi connectivity index (χ3v) is 6.90. The Balaban J connectivity index is 2.09. The molecule has 3 N–H and O–H groups in total. The first-order valence-electron chi connectivity index (χ1n) is 10.8. The molecule has 2 saturated carbocycles. The van der Waals surface area contributed by atoms with Crippen molar-refractivity contribution in [2.45, 2.75) is 115 Å². The second-order valence-electron chi connectivity index (χ2n) is 11.1. The fraction of sp³-hybridized carbons (Fsp3) is 1.00. The summed E-state index contributed by atoms with van der Waals surface area (Å²) in [6.45, 7) is 12.9. The summed E-state index contributed by atoms with van der Waals surface area (Å²) in [5.41, 5.74) is -1.17. The average Bonchev–Trinajstić information content (AvgIpc) is 3.19. The van der Waals surface area contributed by atoms with Crippen molar-refractivity contribution in [1.82, 2.24) is 5.32 Å². The lowest BCUT2D eigenvalue weighted by atomic mass is 9.79. The largest absolute Gasteiger partial charge is 0.396 e. The van der Waals surface area contributed by atoms with Crippen molar-refractivity contribution in [1.29, 1.82) is 0 Å². The van der Waals surface area contributed by atoms with Crippen LogP contribution in [0.15, 0.2) is 0 Å². The van der Waals surface area contributed by atoms with Gasteiger partial charge >= 0.3 is 0 Å². The van der Waals surface area contributed by atoms with Crippen LogP contribution in [0.1, 0.15) is 80.1 Å². The molecule has 1 aliphatic heterocycles. The van der Waals surface area contributed by atoms with Crippen LogP contribution in [0.3, 0.4) is 0 Å².